The SMILES string of the molecule is CC1(C)C=C(O)C(=O)C(c2cc3ccc(OCCC4CCCCC4)cc3o2)O1. The molecule has 5 nitrogen and oxygen atoms in total. The Kier molecular flexibility index (Phi) is 5.19. The average Bonchev–Trinajstić information content (AvgIpc) is 3.08. The van der Waals surface area contributed by atoms with E-state index in [4.69, 9.17) is 13.9 Å². The maximum absolute atomic E-state index is 12.3. The summed E-state index contributed by atoms with van der Waals surface area (Å²) in [5.41, 5.74) is -0.0944. The predicted molar refractivity (Wildman–Crippen MR) is 107 cm³/mol. The van der Waals surface area contributed by atoms with Gasteiger partial charge in [-0.25, -0.2) is 0 Å². The molecule has 1 aliphatic heterocycles. The van der Waals surface area contributed by atoms with E-state index in [-0.39, 0.29) is 5.76 Å². The van der Waals surface area contributed by atoms with Crippen molar-refractivity contribution in [2.24, 2.45) is 5.92 Å². The van der Waals surface area contributed by atoms with E-state index in [1.54, 1.807) is 19.9 Å². The second-order valence-electron chi connectivity index (χ2n) is 8.48. The topological polar surface area (TPSA) is 68.9 Å². The van der Waals surface area contributed by atoms with Gasteiger partial charge in [0.2, 0.25) is 5.78 Å². The van der Waals surface area contributed by atoms with Gasteiger partial charge in [0.25, 0.3) is 0 Å². The van der Waals surface area contributed by atoms with Crippen molar-refractivity contribution in [2.75, 3.05) is 6.61 Å². The smallest absolute Gasteiger partial charge is 0.233 e. The van der Waals surface area contributed by atoms with E-state index in [0.717, 1.165) is 23.5 Å². The van der Waals surface area contributed by atoms with Gasteiger partial charge >= 0.3 is 0 Å². The van der Waals surface area contributed by atoms with E-state index in [0.29, 0.717) is 18.0 Å². The third-order valence-corrected chi connectivity index (χ3v) is 5.69. The molecule has 1 fully saturated rings. The Labute approximate surface area is 165 Å². The third-order valence-electron chi connectivity index (χ3n) is 5.69. The first-order valence-corrected chi connectivity index (χ1v) is 10.2. The van der Waals surface area contributed by atoms with E-state index in [1.807, 2.05) is 18.2 Å². The first kappa shape index (κ1) is 19.1. The van der Waals surface area contributed by atoms with Gasteiger partial charge < -0.3 is 19.0 Å². The molecule has 0 radical (unpaired) electrons. The fourth-order valence-corrected chi connectivity index (χ4v) is 4.18. The van der Waals surface area contributed by atoms with Gasteiger partial charge in [-0.1, -0.05) is 32.1 Å². The summed E-state index contributed by atoms with van der Waals surface area (Å²) in [6.45, 7) is 4.30. The van der Waals surface area contributed by atoms with E-state index < -0.39 is 17.5 Å². The maximum atomic E-state index is 12.3. The van der Waals surface area contributed by atoms with Crippen LogP contribution in [0.3, 0.4) is 0 Å². The molecular formula is C23H28O5. The summed E-state index contributed by atoms with van der Waals surface area (Å²) in [5.74, 6) is 1.18. The fourth-order valence-electron chi connectivity index (χ4n) is 4.18. The summed E-state index contributed by atoms with van der Waals surface area (Å²) in [4.78, 5) is 12.3. The standard InChI is InChI=1S/C23H28O5/c1-23(2)14-18(24)21(25)22(28-23)20-12-16-8-9-17(13-19(16)27-20)26-11-10-15-6-4-3-5-7-15/h8-9,12-15,22,24H,3-7,10-11H2,1-2H3. The molecule has 2 heterocycles. The zero-order chi connectivity index (χ0) is 19.7. The first-order valence-electron chi connectivity index (χ1n) is 10.2. The molecule has 1 aromatic heterocycles. The number of Topliss-reactive ketones (excluding diaryl/α,β-unsaturated/α-hetero) is 1. The van der Waals surface area contributed by atoms with Crippen LogP contribution in [0.15, 0.2) is 40.5 Å². The quantitative estimate of drug-likeness (QED) is 0.722. The van der Waals surface area contributed by atoms with Crippen LogP contribution in [0.5, 0.6) is 5.75 Å². The molecule has 1 atom stereocenters. The van der Waals surface area contributed by atoms with Gasteiger partial charge in [0.1, 0.15) is 17.1 Å². The van der Waals surface area contributed by atoms with Gasteiger partial charge in [-0.05, 0) is 50.5 Å². The van der Waals surface area contributed by atoms with Gasteiger partial charge in [-0.3, -0.25) is 4.79 Å². The Bertz CT molecular complexity index is 886. The Morgan fingerprint density at radius 1 is 1.18 bits per heavy atom. The summed E-state index contributed by atoms with van der Waals surface area (Å²) in [5, 5.41) is 10.8. The number of rotatable bonds is 5. The van der Waals surface area contributed by atoms with Crippen molar-refractivity contribution >= 4 is 16.8 Å². The number of fused-ring (bicyclic) bond motifs is 1. The number of ketones is 1. The van der Waals surface area contributed by atoms with Crippen molar-refractivity contribution in [3.8, 4) is 5.75 Å². The zero-order valence-corrected chi connectivity index (χ0v) is 16.6. The lowest BCUT2D eigenvalue weighted by Gasteiger charge is -2.30. The highest BCUT2D eigenvalue weighted by Crippen LogP contribution is 2.36. The Balaban J connectivity index is 1.46. The maximum Gasteiger partial charge on any atom is 0.233 e. The van der Waals surface area contributed by atoms with Crippen molar-refractivity contribution in [2.45, 2.75) is 64.1 Å². The lowest BCUT2D eigenvalue weighted by atomic mass is 9.87. The molecule has 0 saturated heterocycles. The number of carbonyl (C=O) groups is 1. The minimum absolute atomic E-state index is 0.284. The van der Waals surface area contributed by atoms with E-state index >= 15 is 0 Å². The van der Waals surface area contributed by atoms with Gasteiger partial charge in [0.05, 0.1) is 12.2 Å². The van der Waals surface area contributed by atoms with Crippen LogP contribution in [0.1, 0.15) is 64.2 Å². The molecule has 28 heavy (non-hydrogen) atoms. The van der Waals surface area contributed by atoms with Gasteiger partial charge in [0, 0.05) is 11.5 Å². The fraction of sp³-hybridized carbons (Fsp3) is 0.522. The van der Waals surface area contributed by atoms with Crippen LogP contribution in [0.4, 0.5) is 0 Å². The lowest BCUT2D eigenvalue weighted by molar-refractivity contribution is -0.143. The Morgan fingerprint density at radius 2 is 1.96 bits per heavy atom. The van der Waals surface area contributed by atoms with E-state index in [1.165, 1.54) is 38.2 Å². The van der Waals surface area contributed by atoms with Crippen molar-refractivity contribution < 1.29 is 23.8 Å². The highest BCUT2D eigenvalue weighted by Gasteiger charge is 2.38. The minimum atomic E-state index is -0.942. The molecule has 2 aliphatic rings. The second-order valence-corrected chi connectivity index (χ2v) is 8.48. The molecule has 1 aliphatic carbocycles. The summed E-state index contributed by atoms with van der Waals surface area (Å²) in [6, 6.07) is 7.49. The third kappa shape index (κ3) is 4.09. The number of hydrogen-bond acceptors (Lipinski definition) is 5. The van der Waals surface area contributed by atoms with Crippen LogP contribution in [0.2, 0.25) is 0 Å². The normalized spacial score (nSPS) is 23.0. The van der Waals surface area contributed by atoms with E-state index in [9.17, 15) is 9.90 Å². The van der Waals surface area contributed by atoms with Crippen molar-refractivity contribution in [3.05, 3.63) is 41.9 Å². The number of aliphatic hydroxyl groups is 1. The van der Waals surface area contributed by atoms with Crippen molar-refractivity contribution in [1.29, 1.82) is 0 Å². The van der Waals surface area contributed by atoms with Crippen LogP contribution in [0, 0.1) is 5.92 Å². The molecule has 0 bridgehead atoms. The number of aliphatic hydroxyl groups excluding tert-OH is 1. The molecule has 0 spiro atoms. The predicted octanol–water partition coefficient (Wildman–Crippen LogP) is 5.64. The van der Waals surface area contributed by atoms with Crippen molar-refractivity contribution in [1.82, 2.24) is 0 Å². The van der Waals surface area contributed by atoms with Crippen LogP contribution >= 0.6 is 0 Å². The Morgan fingerprint density at radius 3 is 2.75 bits per heavy atom. The molecule has 5 heteroatoms. The molecule has 1 saturated carbocycles. The number of benzene rings is 1. The van der Waals surface area contributed by atoms with Gasteiger partial charge in [0.15, 0.2) is 11.9 Å². The summed E-state index contributed by atoms with van der Waals surface area (Å²) in [6.07, 6.45) is 8.26. The molecule has 4 rings (SSSR count). The summed E-state index contributed by atoms with van der Waals surface area (Å²) in [7, 11) is 0. The molecule has 1 aromatic carbocycles. The van der Waals surface area contributed by atoms with Crippen LogP contribution in [-0.4, -0.2) is 23.1 Å². The lowest BCUT2D eigenvalue weighted by Crippen LogP contribution is -2.34. The average molecular weight is 384 g/mol. The van der Waals surface area contributed by atoms with Crippen LogP contribution < -0.4 is 4.74 Å². The van der Waals surface area contributed by atoms with E-state index in [2.05, 4.69) is 0 Å². The van der Waals surface area contributed by atoms with Crippen LogP contribution in [-0.2, 0) is 9.53 Å². The van der Waals surface area contributed by atoms with Gasteiger partial charge in [-0.15, -0.1) is 0 Å². The number of hydrogen-bond donors (Lipinski definition) is 1. The van der Waals surface area contributed by atoms with Crippen LogP contribution in [0.25, 0.3) is 11.0 Å². The molecule has 1 unspecified atom stereocenters. The highest BCUT2D eigenvalue weighted by molar-refractivity contribution is 5.98. The number of ether oxygens (including phenoxy) is 2. The number of carbonyl (C=O) groups excluding carboxylic acids is 1. The summed E-state index contributed by atoms with van der Waals surface area (Å²) >= 11 is 0. The molecule has 2 aromatic rings. The molecular weight excluding hydrogens is 356 g/mol. The number of furan rings is 1. The molecule has 1 N–H and O–H groups in total. The first-order chi connectivity index (χ1) is 13.4. The molecule has 0 amide bonds. The monoisotopic (exact) mass is 384 g/mol. The minimum Gasteiger partial charge on any atom is -0.504 e. The Hall–Kier alpha value is -2.27. The largest absolute Gasteiger partial charge is 0.504 e. The highest BCUT2D eigenvalue weighted by atomic mass is 16.5. The second kappa shape index (κ2) is 7.63. The van der Waals surface area contributed by atoms with Gasteiger partial charge in [-0.2, -0.15) is 0 Å². The summed E-state index contributed by atoms with van der Waals surface area (Å²) < 4.78 is 17.7. The van der Waals surface area contributed by atoms with Crippen molar-refractivity contribution in [3.63, 3.8) is 0 Å². The molecule has 150 valence electrons. The zero-order valence-electron chi connectivity index (χ0n) is 16.6.